The summed E-state index contributed by atoms with van der Waals surface area (Å²) >= 11 is 0.855. The Kier molecular flexibility index (Phi) is 10.5. The van der Waals surface area contributed by atoms with Crippen LogP contribution in [0.15, 0.2) is 30.3 Å². The van der Waals surface area contributed by atoms with Crippen molar-refractivity contribution in [3.8, 4) is 0 Å². The van der Waals surface area contributed by atoms with E-state index < -0.39 is 7.32 Å². The van der Waals surface area contributed by atoms with Gasteiger partial charge < -0.3 is 0 Å². The number of hydrogen-bond acceptors (Lipinski definition) is 3. The summed E-state index contributed by atoms with van der Waals surface area (Å²) in [7, 11) is -2.51. The Bertz CT molecular complexity index is 219. The second-order valence-corrected chi connectivity index (χ2v) is 4.01. The average Bonchev–Trinajstić information content (AvgIpc) is 2.22. The molecule has 0 saturated carbocycles. The molecule has 0 atom stereocenters. The molecule has 72 valence electrons. The molecule has 14 heavy (non-hydrogen) atoms. The van der Waals surface area contributed by atoms with Gasteiger partial charge >= 0.3 is 86.3 Å². The van der Waals surface area contributed by atoms with Crippen LogP contribution >= 0.6 is 0 Å². The Morgan fingerprint density at radius 1 is 0.929 bits per heavy atom. The Morgan fingerprint density at radius 2 is 1.36 bits per heavy atom. The van der Waals surface area contributed by atoms with E-state index in [1.165, 1.54) is -0.342 Å². The first-order valence-corrected chi connectivity index (χ1v) is 5.14. The SMILES string of the molecule is FOB(OF)OF.[K][c]1ccccc1. The molecule has 0 fully saturated rings. The molecule has 0 bridgehead atoms. The van der Waals surface area contributed by atoms with E-state index in [1.807, 2.05) is 0 Å². The van der Waals surface area contributed by atoms with Crippen molar-refractivity contribution in [3.05, 3.63) is 30.3 Å². The van der Waals surface area contributed by atoms with Crippen molar-refractivity contribution in [2.45, 2.75) is 0 Å². The number of halogens is 3. The summed E-state index contributed by atoms with van der Waals surface area (Å²) in [4.78, 5) is 7.06. The van der Waals surface area contributed by atoms with Gasteiger partial charge in [-0.1, -0.05) is 13.6 Å². The molecule has 0 aliphatic rings. The van der Waals surface area contributed by atoms with Gasteiger partial charge in [0.1, 0.15) is 0 Å². The molecule has 3 nitrogen and oxygen atoms in total. The van der Waals surface area contributed by atoms with Crippen LogP contribution in [0.2, 0.25) is 0 Å². The van der Waals surface area contributed by atoms with Crippen molar-refractivity contribution >= 4 is 55.9 Å². The fourth-order valence-electron chi connectivity index (χ4n) is 0.576. The average molecular weight is 232 g/mol. The van der Waals surface area contributed by atoms with E-state index in [9.17, 15) is 13.6 Å². The Hall–Kier alpha value is 0.591. The predicted octanol–water partition coefficient (Wildman–Crippen LogP) is 1.16. The molecule has 0 aliphatic carbocycles. The second kappa shape index (κ2) is 10.1. The monoisotopic (exact) mass is 232 g/mol. The van der Waals surface area contributed by atoms with Crippen LogP contribution in [0.1, 0.15) is 0 Å². The van der Waals surface area contributed by atoms with Crippen LogP contribution in [0.5, 0.6) is 0 Å². The third-order valence-corrected chi connectivity index (χ3v) is 2.20. The summed E-state index contributed by atoms with van der Waals surface area (Å²) in [6, 6.07) is 10.6. The third-order valence-electron chi connectivity index (χ3n) is 1.16. The maximum absolute atomic E-state index is 10.4. The summed E-state index contributed by atoms with van der Waals surface area (Å²) in [5, 5.41) is 0. The van der Waals surface area contributed by atoms with Crippen molar-refractivity contribution in [1.29, 1.82) is 0 Å². The molecule has 1 aromatic rings. The third kappa shape index (κ3) is 7.95. The molecule has 0 radical (unpaired) electrons. The number of hydrogen-bond donors (Lipinski definition) is 0. The van der Waals surface area contributed by atoms with Gasteiger partial charge in [-0.05, 0) is 0 Å². The predicted molar refractivity (Wildman–Crippen MR) is 44.2 cm³/mol. The van der Waals surface area contributed by atoms with Gasteiger partial charge in [0.2, 0.25) is 0 Å². The van der Waals surface area contributed by atoms with Gasteiger partial charge in [0, 0.05) is 0 Å². The van der Waals surface area contributed by atoms with Gasteiger partial charge in [-0.2, -0.15) is 14.6 Å². The molecule has 0 saturated heterocycles. The molecule has 0 unspecified atom stereocenters. The minimum absolute atomic E-state index is 0.855. The summed E-state index contributed by atoms with van der Waals surface area (Å²) in [6.07, 6.45) is 0. The van der Waals surface area contributed by atoms with Crippen LogP contribution in [0, 0.1) is 0 Å². The van der Waals surface area contributed by atoms with Crippen LogP contribution < -0.4 is -0.342 Å². The first-order chi connectivity index (χ1) is 6.74. The topological polar surface area (TPSA) is 27.7 Å². The molecular weight excluding hydrogens is 227 g/mol. The van der Waals surface area contributed by atoms with Crippen molar-refractivity contribution in [2.24, 2.45) is 0 Å². The quantitative estimate of drug-likeness (QED) is 0.731. The van der Waals surface area contributed by atoms with Crippen molar-refractivity contribution in [1.82, 2.24) is 0 Å². The van der Waals surface area contributed by atoms with Crippen LogP contribution in [0.4, 0.5) is 13.6 Å². The first kappa shape index (κ1) is 14.6. The zero-order chi connectivity index (χ0) is 10.8. The summed E-state index contributed by atoms with van der Waals surface area (Å²) in [5.41, 5.74) is 0. The van der Waals surface area contributed by atoms with E-state index in [4.69, 9.17) is 0 Å². The van der Waals surface area contributed by atoms with Crippen molar-refractivity contribution < 1.29 is 28.2 Å². The Labute approximate surface area is 113 Å². The zero-order valence-electron chi connectivity index (χ0n) is 7.32. The molecule has 1 rings (SSSR count). The van der Waals surface area contributed by atoms with E-state index >= 15 is 0 Å². The van der Waals surface area contributed by atoms with Gasteiger partial charge in [-0.3, -0.25) is 0 Å². The summed E-state index contributed by atoms with van der Waals surface area (Å²) in [6.45, 7) is 0. The fraction of sp³-hybridized carbons (Fsp3) is 0. The molecule has 0 amide bonds. The molecule has 0 aliphatic heterocycles. The molecule has 0 aromatic heterocycles. The molecule has 0 heterocycles. The molecule has 1 aromatic carbocycles. The normalized spacial score (nSPS) is 8.93. The molecular formula is C6H5BF3KO3. The van der Waals surface area contributed by atoms with Gasteiger partial charge in [-0.25, -0.2) is 0 Å². The van der Waals surface area contributed by atoms with Crippen LogP contribution in [0.25, 0.3) is 0 Å². The van der Waals surface area contributed by atoms with Crippen molar-refractivity contribution in [3.63, 3.8) is 0 Å². The van der Waals surface area contributed by atoms with E-state index in [0.29, 0.717) is 0 Å². The van der Waals surface area contributed by atoms with Gasteiger partial charge in [0.15, 0.2) is 0 Å². The standard InChI is InChI=1S/C6H5.BF3O3.K/c1-2-4-6-5-3-1;2-5-1(6-3)7-4;/h1-5H;;. The van der Waals surface area contributed by atoms with Gasteiger partial charge in [-0.15, -0.1) is 0 Å². The second-order valence-electron chi connectivity index (χ2n) is 2.21. The maximum atomic E-state index is 10.4. The molecule has 0 spiro atoms. The Morgan fingerprint density at radius 3 is 1.50 bits per heavy atom. The zero-order valence-corrected chi connectivity index (χ0v) is 10.4. The summed E-state index contributed by atoms with van der Waals surface area (Å²) in [5.74, 6) is 0. The molecule has 0 N–H and O–H groups in total. The van der Waals surface area contributed by atoms with Crippen molar-refractivity contribution in [2.75, 3.05) is 0 Å². The summed E-state index contributed by atoms with van der Waals surface area (Å²) < 4.78 is 32.8. The van der Waals surface area contributed by atoms with Crippen LogP contribution in [-0.2, 0) is 14.6 Å². The van der Waals surface area contributed by atoms with E-state index in [1.54, 1.807) is 0 Å². The Balaban J connectivity index is 0.000000241. The minimum atomic E-state index is -2.51. The number of rotatable bonds is 3. The van der Waals surface area contributed by atoms with Crippen LogP contribution in [0.3, 0.4) is 0 Å². The van der Waals surface area contributed by atoms with Crippen LogP contribution in [-0.4, -0.2) is 56.3 Å². The van der Waals surface area contributed by atoms with E-state index in [-0.39, 0.29) is 0 Å². The van der Waals surface area contributed by atoms with E-state index in [2.05, 4.69) is 44.9 Å². The first-order valence-electron chi connectivity index (χ1n) is 3.58. The fourth-order valence-corrected chi connectivity index (χ4v) is 1.18. The van der Waals surface area contributed by atoms with E-state index in [0.717, 1.165) is 49.0 Å². The van der Waals surface area contributed by atoms with Gasteiger partial charge in [0.25, 0.3) is 0 Å². The molecule has 8 heteroatoms. The number of benzene rings is 1. The van der Waals surface area contributed by atoms with Gasteiger partial charge in [0.05, 0.1) is 0 Å².